The van der Waals surface area contributed by atoms with Gasteiger partial charge in [-0.3, -0.25) is 0 Å². The largest absolute Gasteiger partial charge is 0.377 e. The second-order valence-corrected chi connectivity index (χ2v) is 7.13. The van der Waals surface area contributed by atoms with Gasteiger partial charge in [-0.2, -0.15) is 11.8 Å². The second-order valence-electron chi connectivity index (χ2n) is 5.86. The highest BCUT2D eigenvalue weighted by atomic mass is 32.2. The normalized spacial score (nSPS) is 22.4. The van der Waals surface area contributed by atoms with Crippen LogP contribution >= 0.6 is 11.8 Å². The predicted octanol–water partition coefficient (Wildman–Crippen LogP) is 3.46. The van der Waals surface area contributed by atoms with Crippen molar-refractivity contribution in [3.05, 3.63) is 0 Å². The van der Waals surface area contributed by atoms with E-state index in [4.69, 9.17) is 4.74 Å². The highest BCUT2D eigenvalue weighted by Crippen LogP contribution is 2.38. The van der Waals surface area contributed by atoms with Crippen molar-refractivity contribution < 1.29 is 4.74 Å². The lowest BCUT2D eigenvalue weighted by atomic mass is 9.87. The molecule has 1 unspecified atom stereocenters. The molecule has 0 heterocycles. The first kappa shape index (κ1) is 15.3. The van der Waals surface area contributed by atoms with E-state index >= 15 is 0 Å². The lowest BCUT2D eigenvalue weighted by Gasteiger charge is -2.39. The molecule has 0 amide bonds. The van der Waals surface area contributed by atoms with Crippen LogP contribution in [-0.4, -0.2) is 36.3 Å². The first-order valence-electron chi connectivity index (χ1n) is 6.79. The molecule has 1 aliphatic rings. The average Bonchev–Trinajstić information content (AvgIpc) is 2.37. The zero-order chi connectivity index (χ0) is 12.9. The van der Waals surface area contributed by atoms with E-state index in [0.29, 0.717) is 10.8 Å². The average molecular weight is 259 g/mol. The summed E-state index contributed by atoms with van der Waals surface area (Å²) in [5.74, 6) is 0. The van der Waals surface area contributed by atoms with Crippen LogP contribution in [0, 0.1) is 0 Å². The fourth-order valence-corrected chi connectivity index (χ4v) is 3.34. The molecule has 0 aliphatic heterocycles. The maximum absolute atomic E-state index is 5.54. The fourth-order valence-electron chi connectivity index (χ4n) is 2.41. The van der Waals surface area contributed by atoms with Crippen LogP contribution in [0.3, 0.4) is 0 Å². The summed E-state index contributed by atoms with van der Waals surface area (Å²) < 4.78 is 6.01. The molecule has 0 saturated heterocycles. The minimum atomic E-state index is -0.0890. The Morgan fingerprint density at radius 1 is 1.29 bits per heavy atom. The maximum atomic E-state index is 5.54. The molecule has 17 heavy (non-hydrogen) atoms. The molecule has 1 aliphatic carbocycles. The minimum Gasteiger partial charge on any atom is -0.377 e. The Hall–Kier alpha value is 0.270. The zero-order valence-electron chi connectivity index (χ0n) is 12.1. The molecule has 1 rings (SSSR count). The second kappa shape index (κ2) is 6.44. The van der Waals surface area contributed by atoms with Gasteiger partial charge in [0.15, 0.2) is 0 Å². The number of nitrogens with one attached hydrogen (secondary N) is 1. The minimum absolute atomic E-state index is 0.0890. The van der Waals surface area contributed by atoms with Crippen LogP contribution < -0.4 is 5.32 Å². The van der Waals surface area contributed by atoms with Gasteiger partial charge in [0.1, 0.15) is 0 Å². The van der Waals surface area contributed by atoms with Crippen molar-refractivity contribution in [1.82, 2.24) is 5.32 Å². The standard InChI is InChI=1S/C14H29NOS/c1-12(13(2,3)16-4)15-11-14(17-5)9-7-6-8-10-14/h12,15H,6-11H2,1-5H3. The molecule has 0 radical (unpaired) electrons. The Balaban J connectivity index is 2.47. The maximum Gasteiger partial charge on any atom is 0.0772 e. The van der Waals surface area contributed by atoms with E-state index in [1.165, 1.54) is 32.1 Å². The molecular formula is C14H29NOS. The molecule has 1 atom stereocenters. The van der Waals surface area contributed by atoms with Crippen molar-refractivity contribution in [1.29, 1.82) is 0 Å². The van der Waals surface area contributed by atoms with Gasteiger partial charge < -0.3 is 10.1 Å². The monoisotopic (exact) mass is 259 g/mol. The third-order valence-corrected chi connectivity index (χ3v) is 5.92. The Bertz CT molecular complexity index is 224. The summed E-state index contributed by atoms with van der Waals surface area (Å²) in [5, 5.41) is 3.69. The number of hydrogen-bond acceptors (Lipinski definition) is 3. The van der Waals surface area contributed by atoms with E-state index in [1.54, 1.807) is 7.11 Å². The number of hydrogen-bond donors (Lipinski definition) is 1. The third kappa shape index (κ3) is 4.15. The number of methoxy groups -OCH3 is 1. The Kier molecular flexibility index (Phi) is 5.81. The molecular weight excluding hydrogens is 230 g/mol. The van der Waals surface area contributed by atoms with Gasteiger partial charge in [0, 0.05) is 24.4 Å². The smallest absolute Gasteiger partial charge is 0.0772 e. The molecule has 3 heteroatoms. The van der Waals surface area contributed by atoms with Gasteiger partial charge in [0.05, 0.1) is 5.60 Å². The summed E-state index contributed by atoms with van der Waals surface area (Å²) in [6.07, 6.45) is 9.19. The fraction of sp³-hybridized carbons (Fsp3) is 1.00. The number of ether oxygens (including phenoxy) is 1. The van der Waals surface area contributed by atoms with E-state index in [9.17, 15) is 0 Å². The van der Waals surface area contributed by atoms with Gasteiger partial charge in [-0.25, -0.2) is 0 Å². The van der Waals surface area contributed by atoms with Gasteiger partial charge in [-0.15, -0.1) is 0 Å². The highest BCUT2D eigenvalue weighted by molar-refractivity contribution is 8.00. The first-order valence-corrected chi connectivity index (χ1v) is 8.02. The molecule has 1 saturated carbocycles. The van der Waals surface area contributed by atoms with E-state index < -0.39 is 0 Å². The Morgan fingerprint density at radius 3 is 2.35 bits per heavy atom. The van der Waals surface area contributed by atoms with Crippen LogP contribution in [0.4, 0.5) is 0 Å². The summed E-state index contributed by atoms with van der Waals surface area (Å²) >= 11 is 2.05. The van der Waals surface area contributed by atoms with E-state index in [2.05, 4.69) is 44.1 Å². The van der Waals surface area contributed by atoms with Crippen molar-refractivity contribution >= 4 is 11.8 Å². The number of rotatable bonds is 6. The van der Waals surface area contributed by atoms with Crippen LogP contribution in [0.25, 0.3) is 0 Å². The van der Waals surface area contributed by atoms with Crippen molar-refractivity contribution in [2.45, 2.75) is 69.3 Å². The van der Waals surface area contributed by atoms with Crippen LogP contribution in [0.15, 0.2) is 0 Å². The lowest BCUT2D eigenvalue weighted by Crippen LogP contribution is -2.51. The van der Waals surface area contributed by atoms with E-state index in [-0.39, 0.29) is 5.60 Å². The summed E-state index contributed by atoms with van der Waals surface area (Å²) in [5.41, 5.74) is -0.0890. The Morgan fingerprint density at radius 2 is 1.88 bits per heavy atom. The van der Waals surface area contributed by atoms with Crippen molar-refractivity contribution in [3.63, 3.8) is 0 Å². The highest BCUT2D eigenvalue weighted by Gasteiger charge is 2.33. The SMILES string of the molecule is COC(C)(C)C(C)NCC1(SC)CCCCC1. The molecule has 0 aromatic rings. The van der Waals surface area contributed by atoms with E-state index in [1.807, 2.05) is 0 Å². The summed E-state index contributed by atoms with van der Waals surface area (Å²) in [7, 11) is 1.79. The summed E-state index contributed by atoms with van der Waals surface area (Å²) in [6.45, 7) is 7.64. The molecule has 1 N–H and O–H groups in total. The molecule has 102 valence electrons. The molecule has 0 bridgehead atoms. The van der Waals surface area contributed by atoms with Crippen molar-refractivity contribution in [3.8, 4) is 0 Å². The van der Waals surface area contributed by atoms with E-state index in [0.717, 1.165) is 6.54 Å². The molecule has 0 spiro atoms. The predicted molar refractivity (Wildman–Crippen MR) is 77.9 cm³/mol. The number of thioether (sulfide) groups is 1. The molecule has 2 nitrogen and oxygen atoms in total. The van der Waals surface area contributed by atoms with Gasteiger partial charge in [-0.1, -0.05) is 19.3 Å². The van der Waals surface area contributed by atoms with Gasteiger partial charge >= 0.3 is 0 Å². The van der Waals surface area contributed by atoms with Gasteiger partial charge in [0.2, 0.25) is 0 Å². The van der Waals surface area contributed by atoms with Crippen LogP contribution in [0.2, 0.25) is 0 Å². The molecule has 1 fully saturated rings. The Labute approximate surface area is 111 Å². The lowest BCUT2D eigenvalue weighted by molar-refractivity contribution is -0.00574. The zero-order valence-corrected chi connectivity index (χ0v) is 13.0. The van der Waals surface area contributed by atoms with Crippen LogP contribution in [0.5, 0.6) is 0 Å². The molecule has 0 aromatic heterocycles. The van der Waals surface area contributed by atoms with Crippen LogP contribution in [-0.2, 0) is 4.74 Å². The van der Waals surface area contributed by atoms with Crippen LogP contribution in [0.1, 0.15) is 52.9 Å². The first-order chi connectivity index (χ1) is 7.96. The van der Waals surface area contributed by atoms with Crippen molar-refractivity contribution in [2.75, 3.05) is 19.9 Å². The van der Waals surface area contributed by atoms with Crippen molar-refractivity contribution in [2.24, 2.45) is 0 Å². The topological polar surface area (TPSA) is 21.3 Å². The van der Waals surface area contributed by atoms with Gasteiger partial charge in [-0.05, 0) is 39.9 Å². The summed E-state index contributed by atoms with van der Waals surface area (Å²) in [6, 6.07) is 0.387. The molecule has 0 aromatic carbocycles. The van der Waals surface area contributed by atoms with Gasteiger partial charge in [0.25, 0.3) is 0 Å². The summed E-state index contributed by atoms with van der Waals surface area (Å²) in [4.78, 5) is 0. The third-order valence-electron chi connectivity index (χ3n) is 4.50. The quantitative estimate of drug-likeness (QED) is 0.789.